The quantitative estimate of drug-likeness (QED) is 0.609. The lowest BCUT2D eigenvalue weighted by Gasteiger charge is -2.09. The van der Waals surface area contributed by atoms with Crippen LogP contribution in [0.3, 0.4) is 0 Å². The molecule has 1 aliphatic carbocycles. The fourth-order valence-corrected chi connectivity index (χ4v) is 2.31. The SMILES string of the molecule is CCCOC(=O)C1Cc2cc(OC)c(OC)cc2C1=O. The van der Waals surface area contributed by atoms with E-state index in [9.17, 15) is 9.59 Å². The molecule has 0 N–H and O–H groups in total. The molecule has 1 aromatic carbocycles. The number of carbonyl (C=O) groups excluding carboxylic acids is 2. The van der Waals surface area contributed by atoms with E-state index in [1.807, 2.05) is 6.92 Å². The van der Waals surface area contributed by atoms with E-state index in [1.54, 1.807) is 12.1 Å². The van der Waals surface area contributed by atoms with Gasteiger partial charge in [-0.15, -0.1) is 0 Å². The predicted octanol–water partition coefficient (Wildman–Crippen LogP) is 2.01. The number of benzene rings is 1. The van der Waals surface area contributed by atoms with Crippen molar-refractivity contribution in [2.24, 2.45) is 5.92 Å². The third-order valence-electron chi connectivity index (χ3n) is 3.35. The first-order valence-corrected chi connectivity index (χ1v) is 6.58. The van der Waals surface area contributed by atoms with Gasteiger partial charge >= 0.3 is 5.97 Å². The Bertz CT molecular complexity index is 535. The van der Waals surface area contributed by atoms with E-state index in [1.165, 1.54) is 14.2 Å². The Labute approximate surface area is 117 Å². The van der Waals surface area contributed by atoms with Crippen molar-refractivity contribution >= 4 is 11.8 Å². The molecule has 0 aromatic heterocycles. The third kappa shape index (κ3) is 2.48. The summed E-state index contributed by atoms with van der Waals surface area (Å²) in [6.45, 7) is 2.25. The molecule has 0 amide bonds. The Morgan fingerprint density at radius 3 is 2.50 bits per heavy atom. The zero-order valence-corrected chi connectivity index (χ0v) is 11.9. The van der Waals surface area contributed by atoms with Crippen LogP contribution < -0.4 is 9.47 Å². The molecular weight excluding hydrogens is 260 g/mol. The molecule has 0 saturated heterocycles. The van der Waals surface area contributed by atoms with Gasteiger partial charge in [-0.05, 0) is 30.5 Å². The van der Waals surface area contributed by atoms with Crippen molar-refractivity contribution in [1.82, 2.24) is 0 Å². The summed E-state index contributed by atoms with van der Waals surface area (Å²) in [4.78, 5) is 24.2. The molecular formula is C15H18O5. The fraction of sp³-hybridized carbons (Fsp3) is 0.467. The minimum absolute atomic E-state index is 0.206. The summed E-state index contributed by atoms with van der Waals surface area (Å²) in [7, 11) is 3.05. The zero-order valence-electron chi connectivity index (χ0n) is 11.9. The maximum atomic E-state index is 12.3. The first-order valence-electron chi connectivity index (χ1n) is 6.58. The van der Waals surface area contributed by atoms with Crippen LogP contribution in [0.5, 0.6) is 11.5 Å². The molecule has 108 valence electrons. The molecule has 2 rings (SSSR count). The molecule has 1 unspecified atom stereocenters. The summed E-state index contributed by atoms with van der Waals surface area (Å²) in [5.41, 5.74) is 1.31. The number of carbonyl (C=O) groups is 2. The highest BCUT2D eigenvalue weighted by Crippen LogP contribution is 2.37. The molecule has 1 aliphatic rings. The number of rotatable bonds is 5. The van der Waals surface area contributed by atoms with Gasteiger partial charge in [0.1, 0.15) is 5.92 Å². The number of hydrogen-bond acceptors (Lipinski definition) is 5. The predicted molar refractivity (Wildman–Crippen MR) is 72.3 cm³/mol. The second kappa shape index (κ2) is 5.94. The van der Waals surface area contributed by atoms with Crippen molar-refractivity contribution in [2.45, 2.75) is 19.8 Å². The van der Waals surface area contributed by atoms with Crippen molar-refractivity contribution < 1.29 is 23.8 Å². The number of ether oxygens (including phenoxy) is 3. The summed E-state index contributed by atoms with van der Waals surface area (Å²) in [6, 6.07) is 3.38. The summed E-state index contributed by atoms with van der Waals surface area (Å²) in [6.07, 6.45) is 1.10. The van der Waals surface area contributed by atoms with Crippen LogP contribution in [0.2, 0.25) is 0 Å². The Kier molecular flexibility index (Phi) is 4.27. The van der Waals surface area contributed by atoms with Crippen LogP contribution in [0.1, 0.15) is 29.3 Å². The molecule has 0 aliphatic heterocycles. The van der Waals surface area contributed by atoms with Gasteiger partial charge in [-0.3, -0.25) is 9.59 Å². The normalized spacial score (nSPS) is 16.8. The van der Waals surface area contributed by atoms with Gasteiger partial charge in [0, 0.05) is 5.56 Å². The van der Waals surface area contributed by atoms with Gasteiger partial charge < -0.3 is 14.2 Å². The standard InChI is InChI=1S/C15H18O5/c1-4-5-20-15(17)11-6-9-7-12(18-2)13(19-3)8-10(9)14(11)16/h7-8,11H,4-6H2,1-3H3. The molecule has 5 heteroatoms. The molecule has 20 heavy (non-hydrogen) atoms. The van der Waals surface area contributed by atoms with E-state index in [-0.39, 0.29) is 5.78 Å². The number of Topliss-reactive ketones (excluding diaryl/α,β-unsaturated/α-hetero) is 1. The lowest BCUT2D eigenvalue weighted by atomic mass is 10.1. The van der Waals surface area contributed by atoms with Crippen LogP contribution >= 0.6 is 0 Å². The highest BCUT2D eigenvalue weighted by molar-refractivity contribution is 6.12. The van der Waals surface area contributed by atoms with Crippen LogP contribution in [-0.4, -0.2) is 32.6 Å². The second-order valence-corrected chi connectivity index (χ2v) is 4.65. The maximum absolute atomic E-state index is 12.3. The Hall–Kier alpha value is -2.04. The molecule has 0 radical (unpaired) electrons. The fourth-order valence-electron chi connectivity index (χ4n) is 2.31. The monoisotopic (exact) mass is 278 g/mol. The molecule has 0 fully saturated rings. The van der Waals surface area contributed by atoms with Crippen LogP contribution in [0.15, 0.2) is 12.1 Å². The number of fused-ring (bicyclic) bond motifs is 1. The average molecular weight is 278 g/mol. The van der Waals surface area contributed by atoms with Gasteiger partial charge in [0.2, 0.25) is 0 Å². The highest BCUT2D eigenvalue weighted by atomic mass is 16.5. The zero-order chi connectivity index (χ0) is 14.7. The first-order chi connectivity index (χ1) is 9.62. The number of esters is 1. The highest BCUT2D eigenvalue weighted by Gasteiger charge is 2.37. The van der Waals surface area contributed by atoms with Gasteiger partial charge in [-0.25, -0.2) is 0 Å². The van der Waals surface area contributed by atoms with Gasteiger partial charge in [0.15, 0.2) is 17.3 Å². The molecule has 0 spiro atoms. The van der Waals surface area contributed by atoms with E-state index < -0.39 is 11.9 Å². The molecule has 5 nitrogen and oxygen atoms in total. The van der Waals surface area contributed by atoms with Crippen molar-refractivity contribution in [2.75, 3.05) is 20.8 Å². The first kappa shape index (κ1) is 14.4. The average Bonchev–Trinajstić information content (AvgIpc) is 2.79. The molecule has 0 heterocycles. The van der Waals surface area contributed by atoms with Crippen molar-refractivity contribution in [3.05, 3.63) is 23.3 Å². The van der Waals surface area contributed by atoms with E-state index in [0.29, 0.717) is 30.1 Å². The van der Waals surface area contributed by atoms with Crippen LogP contribution in [0.4, 0.5) is 0 Å². The molecule has 0 bridgehead atoms. The van der Waals surface area contributed by atoms with Gasteiger partial charge in [0.25, 0.3) is 0 Å². The van der Waals surface area contributed by atoms with Crippen molar-refractivity contribution in [1.29, 1.82) is 0 Å². The maximum Gasteiger partial charge on any atom is 0.317 e. The Morgan fingerprint density at radius 2 is 1.90 bits per heavy atom. The molecule has 0 saturated carbocycles. The lowest BCUT2D eigenvalue weighted by Crippen LogP contribution is -2.23. The number of methoxy groups -OCH3 is 2. The number of hydrogen-bond donors (Lipinski definition) is 0. The summed E-state index contributed by atoms with van der Waals surface area (Å²) in [5, 5.41) is 0. The number of ketones is 1. The topological polar surface area (TPSA) is 61.8 Å². The van der Waals surface area contributed by atoms with Gasteiger partial charge in [-0.1, -0.05) is 6.92 Å². The Balaban J connectivity index is 2.26. The second-order valence-electron chi connectivity index (χ2n) is 4.65. The third-order valence-corrected chi connectivity index (χ3v) is 3.35. The van der Waals surface area contributed by atoms with Crippen molar-refractivity contribution in [3.8, 4) is 11.5 Å². The molecule has 1 aromatic rings. The summed E-state index contributed by atoms with van der Waals surface area (Å²) < 4.78 is 15.4. The van der Waals surface area contributed by atoms with E-state index in [4.69, 9.17) is 14.2 Å². The smallest absolute Gasteiger partial charge is 0.317 e. The Morgan fingerprint density at radius 1 is 1.25 bits per heavy atom. The largest absolute Gasteiger partial charge is 0.493 e. The van der Waals surface area contributed by atoms with Crippen LogP contribution in [-0.2, 0) is 16.0 Å². The van der Waals surface area contributed by atoms with Crippen LogP contribution in [0.25, 0.3) is 0 Å². The molecule has 1 atom stereocenters. The summed E-state index contributed by atoms with van der Waals surface area (Å²) >= 11 is 0. The van der Waals surface area contributed by atoms with E-state index in [2.05, 4.69) is 0 Å². The minimum Gasteiger partial charge on any atom is -0.493 e. The van der Waals surface area contributed by atoms with E-state index in [0.717, 1.165) is 12.0 Å². The minimum atomic E-state index is -0.742. The van der Waals surface area contributed by atoms with Gasteiger partial charge in [0.05, 0.1) is 20.8 Å². The lowest BCUT2D eigenvalue weighted by molar-refractivity contribution is -0.146. The van der Waals surface area contributed by atoms with Crippen molar-refractivity contribution in [3.63, 3.8) is 0 Å². The van der Waals surface area contributed by atoms with E-state index >= 15 is 0 Å². The summed E-state index contributed by atoms with van der Waals surface area (Å²) in [5.74, 6) is -0.356. The van der Waals surface area contributed by atoms with Gasteiger partial charge in [-0.2, -0.15) is 0 Å². The van der Waals surface area contributed by atoms with Crippen LogP contribution in [0, 0.1) is 5.92 Å².